The van der Waals surface area contributed by atoms with Gasteiger partial charge in [-0.1, -0.05) is 30.3 Å². The summed E-state index contributed by atoms with van der Waals surface area (Å²) in [6.45, 7) is -0.782. The Morgan fingerprint density at radius 3 is 2.59 bits per heavy atom. The number of fused-ring (bicyclic) bond motifs is 3. The molecule has 180 valence electrons. The zero-order valence-corrected chi connectivity index (χ0v) is 18.5. The van der Waals surface area contributed by atoms with Crippen LogP contribution in [0.25, 0.3) is 11.0 Å². The molecule has 1 saturated heterocycles. The number of nitrogens with one attached hydrogen (secondary N) is 1. The van der Waals surface area contributed by atoms with Crippen molar-refractivity contribution in [3.05, 3.63) is 63.1 Å². The average Bonchev–Trinajstić information content (AvgIpc) is 3.43. The minimum Gasteiger partial charge on any atom is -0.445 e. The van der Waals surface area contributed by atoms with Gasteiger partial charge in [0, 0.05) is 17.5 Å². The number of carbonyl (C=O) groups excluding carboxylic acids is 1. The Kier molecular flexibility index (Phi) is 5.83. The molecule has 0 bridgehead atoms. The molecule has 1 N–H and O–H groups in total. The summed E-state index contributed by atoms with van der Waals surface area (Å²) in [7, 11) is 0. The summed E-state index contributed by atoms with van der Waals surface area (Å²) in [5.41, 5.74) is 2.34. The molecule has 1 unspecified atom stereocenters. The smallest absolute Gasteiger partial charge is 0.410 e. The largest absolute Gasteiger partial charge is 0.445 e. The van der Waals surface area contributed by atoms with Crippen LogP contribution in [0.1, 0.15) is 54.1 Å². The van der Waals surface area contributed by atoms with Gasteiger partial charge in [0.2, 0.25) is 0 Å². The highest BCUT2D eigenvalue weighted by Crippen LogP contribution is 2.39. The predicted octanol–water partition coefficient (Wildman–Crippen LogP) is 4.64. The molecule has 1 amide bonds. The molecule has 5 rings (SSSR count). The maximum absolute atomic E-state index is 13.3. The number of aryl methyl sites for hydroxylation is 1. The van der Waals surface area contributed by atoms with Gasteiger partial charge in [-0.2, -0.15) is 18.3 Å². The fourth-order valence-electron chi connectivity index (χ4n) is 5.11. The second kappa shape index (κ2) is 8.81. The molecule has 1 aliphatic carbocycles. The Labute approximate surface area is 193 Å². The summed E-state index contributed by atoms with van der Waals surface area (Å²) in [5.74, 6) is 0. The second-order valence-electron chi connectivity index (χ2n) is 8.89. The van der Waals surface area contributed by atoms with Crippen LogP contribution in [0, 0.1) is 0 Å². The predicted molar refractivity (Wildman–Crippen MR) is 118 cm³/mol. The van der Waals surface area contributed by atoms with Gasteiger partial charge in [0.1, 0.15) is 18.8 Å². The van der Waals surface area contributed by atoms with Crippen LogP contribution in [0.3, 0.4) is 0 Å². The summed E-state index contributed by atoms with van der Waals surface area (Å²) in [5, 5.41) is 4.88. The van der Waals surface area contributed by atoms with Crippen LogP contribution >= 0.6 is 0 Å². The topological polar surface area (TPSA) is 80.2 Å². The third kappa shape index (κ3) is 4.28. The van der Waals surface area contributed by atoms with Gasteiger partial charge in [-0.15, -0.1) is 0 Å². The molecule has 0 radical (unpaired) electrons. The number of aromatic amines is 1. The third-order valence-electron chi connectivity index (χ3n) is 6.59. The normalized spacial score (nSPS) is 18.3. The van der Waals surface area contributed by atoms with Crippen LogP contribution in [0.5, 0.6) is 0 Å². The van der Waals surface area contributed by atoms with E-state index in [1.54, 1.807) is 4.90 Å². The first-order chi connectivity index (χ1) is 16.3. The van der Waals surface area contributed by atoms with Crippen LogP contribution in [0.2, 0.25) is 0 Å². The quantitative estimate of drug-likeness (QED) is 0.598. The Hall–Kier alpha value is -3.30. The van der Waals surface area contributed by atoms with Gasteiger partial charge in [-0.05, 0) is 49.7 Å². The van der Waals surface area contributed by atoms with Crippen LogP contribution < -0.4 is 5.56 Å². The number of benzene rings is 1. The number of H-pyrrole nitrogens is 1. The number of nitrogens with zero attached hydrogens (tertiary/aromatic N) is 3. The molecular weight excluding hydrogens is 449 g/mol. The first-order valence-electron chi connectivity index (χ1n) is 11.5. The van der Waals surface area contributed by atoms with Gasteiger partial charge in [-0.25, -0.2) is 9.48 Å². The van der Waals surface area contributed by atoms with Gasteiger partial charge >= 0.3 is 12.3 Å². The van der Waals surface area contributed by atoms with Crippen LogP contribution in [-0.2, 0) is 30.7 Å². The molecule has 0 saturated carbocycles. The number of hydrogen-bond donors (Lipinski definition) is 1. The monoisotopic (exact) mass is 474 g/mol. The molecule has 3 aromatic rings. The number of rotatable bonds is 4. The van der Waals surface area contributed by atoms with E-state index in [0.717, 1.165) is 28.7 Å². The molecule has 0 spiro atoms. The van der Waals surface area contributed by atoms with Crippen LogP contribution in [-0.4, -0.2) is 38.5 Å². The second-order valence-corrected chi connectivity index (χ2v) is 8.89. The molecule has 10 heteroatoms. The number of alkyl halides is 3. The Morgan fingerprint density at radius 2 is 1.85 bits per heavy atom. The molecule has 1 fully saturated rings. The van der Waals surface area contributed by atoms with E-state index < -0.39 is 24.9 Å². The maximum atomic E-state index is 13.3. The Bertz CT molecular complexity index is 1270. The van der Waals surface area contributed by atoms with Gasteiger partial charge in [0.05, 0.1) is 11.7 Å². The molecular formula is C24H25F3N4O3. The van der Waals surface area contributed by atoms with Crippen molar-refractivity contribution in [2.45, 2.75) is 63.9 Å². The SMILES string of the molecule is O=C(OCc1ccccc1)N1CCCC1c1nn(CC(F)(F)F)c2[nH]c(=O)c3c(c12)CCCC3. The van der Waals surface area contributed by atoms with Gasteiger partial charge in [0.25, 0.3) is 5.56 Å². The van der Waals surface area contributed by atoms with Crippen molar-refractivity contribution in [1.29, 1.82) is 0 Å². The van der Waals surface area contributed by atoms with Crippen molar-refractivity contribution in [1.82, 2.24) is 19.7 Å². The Balaban J connectivity index is 1.54. The van der Waals surface area contributed by atoms with Crippen molar-refractivity contribution < 1.29 is 22.7 Å². The van der Waals surface area contributed by atoms with E-state index in [1.807, 2.05) is 30.3 Å². The first-order valence-corrected chi connectivity index (χ1v) is 11.5. The average molecular weight is 474 g/mol. The van der Waals surface area contributed by atoms with E-state index in [9.17, 15) is 22.8 Å². The van der Waals surface area contributed by atoms with Crippen LogP contribution in [0.4, 0.5) is 18.0 Å². The fourth-order valence-corrected chi connectivity index (χ4v) is 5.11. The fraction of sp³-hybridized carbons (Fsp3) is 0.458. The van der Waals surface area contributed by atoms with E-state index in [4.69, 9.17) is 4.74 Å². The molecule has 2 aromatic heterocycles. The van der Waals surface area contributed by atoms with Crippen molar-refractivity contribution in [2.24, 2.45) is 0 Å². The standard InChI is InChI=1S/C24H25F3N4O3/c25-24(26,27)14-31-21-19(16-9-4-5-10-17(16)22(32)28-21)20(29-31)18-11-6-12-30(18)23(33)34-13-15-7-2-1-3-8-15/h1-3,7-8,18H,4-6,9-14H2,(H,28,32). The third-order valence-corrected chi connectivity index (χ3v) is 6.59. The van der Waals surface area contributed by atoms with E-state index in [2.05, 4.69) is 10.1 Å². The highest BCUT2D eigenvalue weighted by Gasteiger charge is 2.38. The van der Waals surface area contributed by atoms with Gasteiger partial charge in [0.15, 0.2) is 0 Å². The zero-order chi connectivity index (χ0) is 23.9. The van der Waals surface area contributed by atoms with Gasteiger partial charge < -0.3 is 9.72 Å². The maximum Gasteiger partial charge on any atom is 0.410 e. The number of aromatic nitrogens is 3. The molecule has 34 heavy (non-hydrogen) atoms. The molecule has 3 heterocycles. The lowest BCUT2D eigenvalue weighted by atomic mass is 9.89. The highest BCUT2D eigenvalue weighted by atomic mass is 19.4. The number of carbonyl (C=O) groups is 1. The number of pyridine rings is 1. The van der Waals surface area contributed by atoms with E-state index in [1.165, 1.54) is 0 Å². The lowest BCUT2D eigenvalue weighted by Gasteiger charge is -2.24. The lowest BCUT2D eigenvalue weighted by molar-refractivity contribution is -0.142. The summed E-state index contributed by atoms with van der Waals surface area (Å²) in [4.78, 5) is 29.8. The summed E-state index contributed by atoms with van der Waals surface area (Å²) < 4.78 is 46.3. The van der Waals surface area contributed by atoms with E-state index >= 15 is 0 Å². The number of likely N-dealkylation sites (tertiary alicyclic amines) is 1. The molecule has 1 aliphatic heterocycles. The van der Waals surface area contributed by atoms with E-state index in [0.29, 0.717) is 48.9 Å². The summed E-state index contributed by atoms with van der Waals surface area (Å²) in [6, 6.07) is 8.76. The summed E-state index contributed by atoms with van der Waals surface area (Å²) in [6.07, 6.45) is -0.895. The minimum absolute atomic E-state index is 0.0717. The highest BCUT2D eigenvalue weighted by molar-refractivity contribution is 5.85. The van der Waals surface area contributed by atoms with Crippen molar-refractivity contribution in [3.63, 3.8) is 0 Å². The number of amides is 1. The van der Waals surface area contributed by atoms with Crippen molar-refractivity contribution in [3.8, 4) is 0 Å². The number of ether oxygens (including phenoxy) is 1. The molecule has 7 nitrogen and oxygen atoms in total. The molecule has 2 aliphatic rings. The molecule has 1 aromatic carbocycles. The lowest BCUT2D eigenvalue weighted by Crippen LogP contribution is -2.31. The van der Waals surface area contributed by atoms with Crippen LogP contribution in [0.15, 0.2) is 35.1 Å². The van der Waals surface area contributed by atoms with Crippen molar-refractivity contribution in [2.75, 3.05) is 6.54 Å². The van der Waals surface area contributed by atoms with Gasteiger partial charge in [-0.3, -0.25) is 9.69 Å². The summed E-state index contributed by atoms with van der Waals surface area (Å²) >= 11 is 0. The zero-order valence-electron chi connectivity index (χ0n) is 18.5. The number of hydrogen-bond acceptors (Lipinski definition) is 4. The molecule has 1 atom stereocenters. The van der Waals surface area contributed by atoms with E-state index in [-0.39, 0.29) is 17.8 Å². The first kappa shape index (κ1) is 22.5. The minimum atomic E-state index is -4.51. The Morgan fingerprint density at radius 1 is 1.12 bits per heavy atom. The number of halogens is 3. The van der Waals surface area contributed by atoms with Crippen molar-refractivity contribution >= 4 is 17.1 Å².